The van der Waals surface area contributed by atoms with Gasteiger partial charge in [-0.25, -0.2) is 4.39 Å². The van der Waals surface area contributed by atoms with Crippen LogP contribution < -0.4 is 14.8 Å². The van der Waals surface area contributed by atoms with E-state index < -0.39 is 11.7 Å². The summed E-state index contributed by atoms with van der Waals surface area (Å²) in [6, 6.07) is 8.55. The fraction of sp³-hybridized carbons (Fsp3) is 0.125. The van der Waals surface area contributed by atoms with Crippen LogP contribution in [0.5, 0.6) is 11.5 Å². The number of nitrogens with zero attached hydrogens (tertiary/aromatic N) is 4. The van der Waals surface area contributed by atoms with Crippen molar-refractivity contribution in [3.05, 3.63) is 54.1 Å². The van der Waals surface area contributed by atoms with Gasteiger partial charge in [-0.1, -0.05) is 0 Å². The first-order valence-electron chi connectivity index (χ1n) is 7.18. The van der Waals surface area contributed by atoms with Crippen molar-refractivity contribution in [3.63, 3.8) is 0 Å². The average Bonchev–Trinajstić information content (AvgIpc) is 3.17. The molecule has 0 unspecified atom stereocenters. The highest BCUT2D eigenvalue weighted by molar-refractivity contribution is 6.07. The Morgan fingerprint density at radius 3 is 2.40 bits per heavy atom. The highest BCUT2D eigenvalue weighted by Crippen LogP contribution is 2.32. The predicted octanol–water partition coefficient (Wildman–Crippen LogP) is 2.07. The second-order valence-electron chi connectivity index (χ2n) is 4.94. The molecule has 8 nitrogen and oxygen atoms in total. The Morgan fingerprint density at radius 1 is 1.12 bits per heavy atom. The third kappa shape index (κ3) is 3.39. The summed E-state index contributed by atoms with van der Waals surface area (Å²) in [5, 5.41) is 13.7. The van der Waals surface area contributed by atoms with Crippen molar-refractivity contribution >= 4 is 11.6 Å². The fourth-order valence-electron chi connectivity index (χ4n) is 2.24. The third-order valence-electron chi connectivity index (χ3n) is 3.44. The van der Waals surface area contributed by atoms with E-state index in [4.69, 9.17) is 9.47 Å². The van der Waals surface area contributed by atoms with Gasteiger partial charge in [0, 0.05) is 11.8 Å². The lowest BCUT2D eigenvalue weighted by atomic mass is 10.1. The maximum Gasteiger partial charge on any atom is 0.258 e. The molecule has 0 saturated heterocycles. The van der Waals surface area contributed by atoms with Crippen LogP contribution in [0.1, 0.15) is 10.4 Å². The van der Waals surface area contributed by atoms with E-state index in [1.54, 1.807) is 6.07 Å². The van der Waals surface area contributed by atoms with Gasteiger partial charge in [0.2, 0.25) is 0 Å². The fourth-order valence-corrected chi connectivity index (χ4v) is 2.24. The number of nitrogens with one attached hydrogen (secondary N) is 1. The van der Waals surface area contributed by atoms with Crippen molar-refractivity contribution in [1.82, 2.24) is 20.2 Å². The van der Waals surface area contributed by atoms with Crippen LogP contribution in [0.25, 0.3) is 5.69 Å². The van der Waals surface area contributed by atoms with Gasteiger partial charge in [-0.15, -0.1) is 5.10 Å². The molecule has 3 aromatic rings. The minimum absolute atomic E-state index is 0.259. The van der Waals surface area contributed by atoms with Gasteiger partial charge in [-0.3, -0.25) is 4.79 Å². The molecule has 1 N–H and O–H groups in total. The molecule has 1 heterocycles. The number of hydrogen-bond acceptors (Lipinski definition) is 6. The van der Waals surface area contributed by atoms with Gasteiger partial charge >= 0.3 is 0 Å². The number of amides is 1. The van der Waals surface area contributed by atoms with Crippen LogP contribution >= 0.6 is 0 Å². The topological polar surface area (TPSA) is 91.2 Å². The molecule has 0 radical (unpaired) electrons. The van der Waals surface area contributed by atoms with E-state index in [0.717, 1.165) is 0 Å². The number of ether oxygens (including phenoxy) is 2. The van der Waals surface area contributed by atoms with E-state index in [1.807, 2.05) is 0 Å². The summed E-state index contributed by atoms with van der Waals surface area (Å²) < 4.78 is 24.9. The van der Waals surface area contributed by atoms with Crippen molar-refractivity contribution < 1.29 is 18.7 Å². The lowest BCUT2D eigenvalue weighted by Gasteiger charge is -2.14. The molecule has 2 aromatic carbocycles. The maximum absolute atomic E-state index is 13.0. The first kappa shape index (κ1) is 16.4. The third-order valence-corrected chi connectivity index (χ3v) is 3.44. The molecule has 3 rings (SSSR count). The van der Waals surface area contributed by atoms with Crippen LogP contribution in [0, 0.1) is 5.82 Å². The van der Waals surface area contributed by atoms with Gasteiger partial charge in [0.05, 0.1) is 25.5 Å². The van der Waals surface area contributed by atoms with Crippen molar-refractivity contribution in [1.29, 1.82) is 0 Å². The first-order chi connectivity index (χ1) is 12.1. The number of rotatable bonds is 5. The molecule has 0 bridgehead atoms. The van der Waals surface area contributed by atoms with Crippen molar-refractivity contribution in [2.45, 2.75) is 0 Å². The zero-order chi connectivity index (χ0) is 17.8. The summed E-state index contributed by atoms with van der Waals surface area (Å²) >= 11 is 0. The molecular formula is C16H14FN5O3. The minimum Gasteiger partial charge on any atom is -0.493 e. The maximum atomic E-state index is 13.0. The van der Waals surface area contributed by atoms with E-state index in [0.29, 0.717) is 22.9 Å². The number of halogens is 1. The zero-order valence-corrected chi connectivity index (χ0v) is 13.4. The van der Waals surface area contributed by atoms with Gasteiger partial charge in [-0.2, -0.15) is 4.68 Å². The monoisotopic (exact) mass is 343 g/mol. The van der Waals surface area contributed by atoms with E-state index in [2.05, 4.69) is 20.8 Å². The number of tetrazole rings is 1. The lowest BCUT2D eigenvalue weighted by molar-refractivity contribution is 0.102. The van der Waals surface area contributed by atoms with Gasteiger partial charge in [0.1, 0.15) is 12.1 Å². The van der Waals surface area contributed by atoms with Crippen LogP contribution in [0.2, 0.25) is 0 Å². The Labute approximate surface area is 142 Å². The number of hydrogen-bond donors (Lipinski definition) is 1. The summed E-state index contributed by atoms with van der Waals surface area (Å²) in [5.41, 5.74) is 1.11. The van der Waals surface area contributed by atoms with E-state index in [-0.39, 0.29) is 5.56 Å². The van der Waals surface area contributed by atoms with Crippen molar-refractivity contribution in [2.24, 2.45) is 0 Å². The van der Waals surface area contributed by atoms with Crippen LogP contribution in [-0.4, -0.2) is 40.3 Å². The molecule has 1 amide bonds. The molecule has 1 aromatic heterocycles. The molecule has 0 aliphatic carbocycles. The number of carbonyl (C=O) groups is 1. The van der Waals surface area contributed by atoms with Crippen LogP contribution in [0.15, 0.2) is 42.7 Å². The lowest BCUT2D eigenvalue weighted by Crippen LogP contribution is -2.16. The second kappa shape index (κ2) is 6.95. The first-order valence-corrected chi connectivity index (χ1v) is 7.18. The second-order valence-corrected chi connectivity index (χ2v) is 4.94. The predicted molar refractivity (Wildman–Crippen MR) is 86.6 cm³/mol. The van der Waals surface area contributed by atoms with E-state index in [1.165, 1.54) is 55.6 Å². The van der Waals surface area contributed by atoms with Crippen molar-refractivity contribution in [3.8, 4) is 17.2 Å². The van der Waals surface area contributed by atoms with Crippen LogP contribution in [-0.2, 0) is 0 Å². The van der Waals surface area contributed by atoms with Gasteiger partial charge in [0.25, 0.3) is 5.91 Å². The Hall–Kier alpha value is -3.49. The SMILES string of the molecule is COc1cc(C(=O)Nc2ccc(F)cc2)c(-n2cnnn2)cc1OC. The summed E-state index contributed by atoms with van der Waals surface area (Å²) in [4.78, 5) is 12.7. The number of anilines is 1. The Kier molecular flexibility index (Phi) is 4.55. The largest absolute Gasteiger partial charge is 0.493 e. The molecule has 128 valence electrons. The molecule has 0 aliphatic heterocycles. The highest BCUT2D eigenvalue weighted by Gasteiger charge is 2.19. The number of benzene rings is 2. The summed E-state index contributed by atoms with van der Waals surface area (Å²) in [7, 11) is 2.95. The quantitative estimate of drug-likeness (QED) is 0.763. The van der Waals surface area contributed by atoms with Crippen LogP contribution in [0.4, 0.5) is 10.1 Å². The number of methoxy groups -OCH3 is 2. The minimum atomic E-state index is -0.432. The smallest absolute Gasteiger partial charge is 0.258 e. The van der Waals surface area contributed by atoms with Crippen LogP contribution in [0.3, 0.4) is 0 Å². The van der Waals surface area contributed by atoms with Gasteiger partial charge in [0.15, 0.2) is 11.5 Å². The Balaban J connectivity index is 2.03. The van der Waals surface area contributed by atoms with E-state index in [9.17, 15) is 9.18 Å². The molecule has 0 atom stereocenters. The molecule has 9 heteroatoms. The van der Waals surface area contributed by atoms with E-state index >= 15 is 0 Å². The summed E-state index contributed by atoms with van der Waals surface area (Å²) in [6.45, 7) is 0. The zero-order valence-electron chi connectivity index (χ0n) is 13.4. The average molecular weight is 343 g/mol. The normalized spacial score (nSPS) is 10.4. The molecular weight excluding hydrogens is 329 g/mol. The number of carbonyl (C=O) groups excluding carboxylic acids is 1. The molecule has 25 heavy (non-hydrogen) atoms. The van der Waals surface area contributed by atoms with Gasteiger partial charge in [-0.05, 0) is 40.8 Å². The molecule has 0 aliphatic rings. The Bertz CT molecular complexity index is 882. The van der Waals surface area contributed by atoms with Crippen molar-refractivity contribution in [2.75, 3.05) is 19.5 Å². The highest BCUT2D eigenvalue weighted by atomic mass is 19.1. The molecule has 0 fully saturated rings. The Morgan fingerprint density at radius 2 is 1.80 bits per heavy atom. The standard InChI is InChI=1S/C16H14FN5O3/c1-24-14-7-12(16(23)19-11-5-3-10(17)4-6-11)13(8-15(14)25-2)22-9-18-20-21-22/h3-9H,1-2H3,(H,19,23). The van der Waals surface area contributed by atoms with Gasteiger partial charge < -0.3 is 14.8 Å². The molecule has 0 saturated carbocycles. The summed E-state index contributed by atoms with van der Waals surface area (Å²) in [6.07, 6.45) is 1.36. The number of aromatic nitrogens is 4. The summed E-state index contributed by atoms with van der Waals surface area (Å²) in [5.74, 6) is -0.0218. The molecule has 0 spiro atoms.